The summed E-state index contributed by atoms with van der Waals surface area (Å²) < 4.78 is 7.57. The van der Waals surface area contributed by atoms with Crippen LogP contribution in [0.25, 0.3) is 5.69 Å². The van der Waals surface area contributed by atoms with Crippen LogP contribution in [-0.2, 0) is 18.3 Å². The largest absolute Gasteiger partial charge is 0.461 e. The summed E-state index contributed by atoms with van der Waals surface area (Å²) >= 11 is 0. The molecule has 3 aromatic rings. The van der Waals surface area contributed by atoms with Crippen molar-refractivity contribution in [2.75, 3.05) is 6.61 Å². The van der Waals surface area contributed by atoms with Crippen LogP contribution in [0.1, 0.15) is 33.3 Å². The number of ether oxygens (including phenoxy) is 1. The third-order valence-electron chi connectivity index (χ3n) is 4.05. The zero-order chi connectivity index (χ0) is 21.0. The average molecular weight is 397 g/mol. The van der Waals surface area contributed by atoms with Crippen LogP contribution in [0.2, 0.25) is 0 Å². The maximum atomic E-state index is 12.3. The lowest BCUT2D eigenvalue weighted by Crippen LogP contribution is -2.35. The second kappa shape index (κ2) is 8.38. The number of nitrogens with zero attached hydrogens (tertiary/aromatic N) is 3. The minimum atomic E-state index is -0.748. The van der Waals surface area contributed by atoms with Gasteiger partial charge in [0.15, 0.2) is 5.69 Å². The lowest BCUT2D eigenvalue weighted by molar-refractivity contribution is 0.0518. The van der Waals surface area contributed by atoms with Crippen molar-refractivity contribution in [1.29, 1.82) is 0 Å². The number of hydrogen-bond acceptors (Lipinski definition) is 6. The van der Waals surface area contributed by atoms with Crippen molar-refractivity contribution in [3.63, 3.8) is 0 Å². The van der Waals surface area contributed by atoms with Gasteiger partial charge >= 0.3 is 11.7 Å². The van der Waals surface area contributed by atoms with Crippen molar-refractivity contribution < 1.29 is 14.3 Å². The van der Waals surface area contributed by atoms with Crippen molar-refractivity contribution in [3.8, 4) is 5.69 Å². The molecule has 0 saturated carbocycles. The molecule has 150 valence electrons. The summed E-state index contributed by atoms with van der Waals surface area (Å²) in [7, 11) is 1.44. The molecule has 10 nitrogen and oxygen atoms in total. The molecule has 0 spiro atoms. The Morgan fingerprint density at radius 1 is 1.24 bits per heavy atom. The Morgan fingerprint density at radius 3 is 2.79 bits per heavy atom. The molecule has 0 radical (unpaired) electrons. The van der Waals surface area contributed by atoms with Crippen LogP contribution in [-0.4, -0.2) is 37.8 Å². The number of H-pyrrole nitrogens is 1. The second-order valence-corrected chi connectivity index (χ2v) is 6.13. The molecule has 0 atom stereocenters. The summed E-state index contributed by atoms with van der Waals surface area (Å²) in [6.45, 7) is 2.13. The summed E-state index contributed by atoms with van der Waals surface area (Å²) in [6, 6.07) is 8.71. The normalized spacial score (nSPS) is 10.6. The van der Waals surface area contributed by atoms with E-state index in [9.17, 15) is 19.2 Å². The standard InChI is InChI=1S/C19H19N5O5/c1-3-29-18(27)15-7-8-24(22-15)13-6-4-5-12(9-13)10-20-16(25)14-11-23(2)19(28)21-17(14)26/h4-9,11H,3,10H2,1-2H3,(H,20,25)(H,21,26,28). The first-order valence-corrected chi connectivity index (χ1v) is 8.79. The van der Waals surface area contributed by atoms with Crippen LogP contribution in [0.15, 0.2) is 52.3 Å². The van der Waals surface area contributed by atoms with Gasteiger partial charge in [-0.25, -0.2) is 14.3 Å². The van der Waals surface area contributed by atoms with E-state index in [1.165, 1.54) is 17.9 Å². The van der Waals surface area contributed by atoms with E-state index in [2.05, 4.69) is 15.4 Å². The molecule has 2 heterocycles. The van der Waals surface area contributed by atoms with E-state index in [0.717, 1.165) is 10.1 Å². The van der Waals surface area contributed by atoms with Crippen LogP contribution >= 0.6 is 0 Å². The van der Waals surface area contributed by atoms with E-state index in [1.807, 2.05) is 0 Å². The van der Waals surface area contributed by atoms with Crippen LogP contribution in [0.4, 0.5) is 0 Å². The fourth-order valence-electron chi connectivity index (χ4n) is 2.59. The zero-order valence-corrected chi connectivity index (χ0v) is 15.8. The highest BCUT2D eigenvalue weighted by molar-refractivity contribution is 5.93. The lowest BCUT2D eigenvalue weighted by atomic mass is 10.2. The van der Waals surface area contributed by atoms with Gasteiger partial charge in [0, 0.05) is 26.0 Å². The van der Waals surface area contributed by atoms with E-state index in [4.69, 9.17) is 4.74 Å². The summed E-state index contributed by atoms with van der Waals surface area (Å²) in [4.78, 5) is 49.3. The number of carbonyl (C=O) groups is 2. The molecule has 29 heavy (non-hydrogen) atoms. The molecule has 0 unspecified atom stereocenters. The van der Waals surface area contributed by atoms with E-state index >= 15 is 0 Å². The summed E-state index contributed by atoms with van der Waals surface area (Å²) in [5, 5.41) is 6.83. The number of nitrogens with one attached hydrogen (secondary N) is 2. The molecule has 2 N–H and O–H groups in total. The molecular formula is C19H19N5O5. The average Bonchev–Trinajstić information content (AvgIpc) is 3.20. The third-order valence-corrected chi connectivity index (χ3v) is 4.05. The number of amides is 1. The highest BCUT2D eigenvalue weighted by Gasteiger charge is 2.13. The zero-order valence-electron chi connectivity index (χ0n) is 15.8. The number of aromatic nitrogens is 4. The first-order chi connectivity index (χ1) is 13.9. The molecule has 0 aliphatic carbocycles. The number of hydrogen-bond donors (Lipinski definition) is 2. The van der Waals surface area contributed by atoms with Crippen molar-refractivity contribution >= 4 is 11.9 Å². The van der Waals surface area contributed by atoms with Crippen molar-refractivity contribution in [1.82, 2.24) is 24.6 Å². The number of esters is 1. The fraction of sp³-hybridized carbons (Fsp3) is 0.211. The van der Waals surface area contributed by atoms with Crippen LogP contribution in [0.5, 0.6) is 0 Å². The number of carbonyl (C=O) groups excluding carboxylic acids is 2. The van der Waals surface area contributed by atoms with Gasteiger partial charge in [0.2, 0.25) is 0 Å². The Kier molecular flexibility index (Phi) is 5.72. The van der Waals surface area contributed by atoms with Crippen molar-refractivity contribution in [3.05, 3.63) is 80.4 Å². The summed E-state index contributed by atoms with van der Waals surface area (Å²) in [5.74, 6) is -1.10. The molecule has 2 aromatic heterocycles. The van der Waals surface area contributed by atoms with Gasteiger partial charge in [-0.1, -0.05) is 12.1 Å². The van der Waals surface area contributed by atoms with E-state index < -0.39 is 23.1 Å². The molecule has 0 fully saturated rings. The maximum Gasteiger partial charge on any atom is 0.358 e. The van der Waals surface area contributed by atoms with Crippen molar-refractivity contribution in [2.45, 2.75) is 13.5 Å². The topological polar surface area (TPSA) is 128 Å². The van der Waals surface area contributed by atoms with Gasteiger partial charge in [0.05, 0.1) is 12.3 Å². The predicted molar refractivity (Wildman–Crippen MR) is 103 cm³/mol. The van der Waals surface area contributed by atoms with Crippen LogP contribution in [0.3, 0.4) is 0 Å². The Balaban J connectivity index is 1.73. The van der Waals surface area contributed by atoms with Gasteiger partial charge in [-0.15, -0.1) is 0 Å². The molecule has 3 rings (SSSR count). The second-order valence-electron chi connectivity index (χ2n) is 6.13. The lowest BCUT2D eigenvalue weighted by Gasteiger charge is -2.08. The van der Waals surface area contributed by atoms with Gasteiger partial charge in [0.25, 0.3) is 11.5 Å². The first kappa shape index (κ1) is 19.8. The van der Waals surface area contributed by atoms with E-state index in [-0.39, 0.29) is 24.4 Å². The molecule has 0 saturated heterocycles. The van der Waals surface area contributed by atoms with Crippen molar-refractivity contribution in [2.24, 2.45) is 7.05 Å². The van der Waals surface area contributed by atoms with E-state index in [1.54, 1.807) is 43.5 Å². The molecule has 0 aliphatic heterocycles. The van der Waals surface area contributed by atoms with Gasteiger partial charge in [-0.2, -0.15) is 5.10 Å². The smallest absolute Gasteiger partial charge is 0.358 e. The molecule has 0 aliphatic rings. The highest BCUT2D eigenvalue weighted by atomic mass is 16.5. The summed E-state index contributed by atoms with van der Waals surface area (Å²) in [6.07, 6.45) is 2.82. The molecular weight excluding hydrogens is 378 g/mol. The SMILES string of the molecule is CCOC(=O)c1ccn(-c2cccc(CNC(=O)c3cn(C)c(=O)[nH]c3=O)c2)n1. The highest BCUT2D eigenvalue weighted by Crippen LogP contribution is 2.11. The molecule has 10 heteroatoms. The minimum absolute atomic E-state index is 0.154. The fourth-order valence-corrected chi connectivity index (χ4v) is 2.59. The Bertz CT molecular complexity index is 1170. The number of benzene rings is 1. The van der Waals surface area contributed by atoms with Gasteiger partial charge in [0.1, 0.15) is 5.56 Å². The van der Waals surface area contributed by atoms with Gasteiger partial charge in [-0.05, 0) is 30.7 Å². The first-order valence-electron chi connectivity index (χ1n) is 8.79. The maximum absolute atomic E-state index is 12.3. The summed E-state index contributed by atoms with van der Waals surface area (Å²) in [5.41, 5.74) is 0.134. The molecule has 0 bridgehead atoms. The third kappa shape index (κ3) is 4.49. The van der Waals surface area contributed by atoms with Crippen LogP contribution in [0, 0.1) is 0 Å². The predicted octanol–water partition coefficient (Wildman–Crippen LogP) is 0.366. The number of aromatic amines is 1. The van der Waals surface area contributed by atoms with Crippen LogP contribution < -0.4 is 16.6 Å². The monoisotopic (exact) mass is 397 g/mol. The van der Waals surface area contributed by atoms with Gasteiger partial charge in [-0.3, -0.25) is 14.6 Å². The molecule has 1 amide bonds. The Morgan fingerprint density at radius 2 is 2.03 bits per heavy atom. The Hall–Kier alpha value is -3.95. The van der Waals surface area contributed by atoms with E-state index in [0.29, 0.717) is 5.69 Å². The van der Waals surface area contributed by atoms with Gasteiger partial charge < -0.3 is 14.6 Å². The quantitative estimate of drug-likeness (QED) is 0.578. The minimum Gasteiger partial charge on any atom is -0.461 e. The molecule has 1 aromatic carbocycles. The number of aryl methyl sites for hydroxylation is 1. The number of rotatable bonds is 6. The Labute approximate surface area is 164 Å².